The summed E-state index contributed by atoms with van der Waals surface area (Å²) in [7, 11) is 0. The summed E-state index contributed by atoms with van der Waals surface area (Å²) in [5.41, 5.74) is -0.419. The number of hydrogen-bond donors (Lipinski definition) is 2. The topological polar surface area (TPSA) is 32.3 Å². The number of piperidine rings is 1. The van der Waals surface area contributed by atoms with Gasteiger partial charge in [-0.15, -0.1) is 0 Å². The third-order valence-corrected chi connectivity index (χ3v) is 4.85. The normalized spacial score (nSPS) is 41.1. The molecule has 2 heterocycles. The Morgan fingerprint density at radius 2 is 2.07 bits per heavy atom. The standard InChI is InChI=1S/C11H21NOS/c1-11(13)4-5-12-8-10(11)9-2-6-14-7-3-9/h9-10,12-13H,2-8H2,1H3. The molecular formula is C11H21NOS. The average Bonchev–Trinajstić information content (AvgIpc) is 2.18. The summed E-state index contributed by atoms with van der Waals surface area (Å²) in [5, 5.41) is 13.8. The molecule has 2 aliphatic heterocycles. The van der Waals surface area contributed by atoms with Gasteiger partial charge in [0.05, 0.1) is 5.60 Å². The van der Waals surface area contributed by atoms with Gasteiger partial charge in [0.15, 0.2) is 0 Å². The van der Waals surface area contributed by atoms with E-state index in [1.807, 2.05) is 6.92 Å². The Morgan fingerprint density at radius 1 is 1.36 bits per heavy atom. The van der Waals surface area contributed by atoms with E-state index in [1.165, 1.54) is 24.3 Å². The molecule has 0 spiro atoms. The maximum absolute atomic E-state index is 10.3. The number of aliphatic hydroxyl groups is 1. The van der Waals surface area contributed by atoms with Gasteiger partial charge in [0.1, 0.15) is 0 Å². The molecule has 2 nitrogen and oxygen atoms in total. The van der Waals surface area contributed by atoms with Crippen molar-refractivity contribution in [1.29, 1.82) is 0 Å². The zero-order valence-corrected chi connectivity index (χ0v) is 9.78. The molecule has 0 amide bonds. The highest BCUT2D eigenvalue weighted by Crippen LogP contribution is 2.37. The van der Waals surface area contributed by atoms with Crippen molar-refractivity contribution in [3.05, 3.63) is 0 Å². The molecule has 0 radical (unpaired) electrons. The second-order valence-electron chi connectivity index (χ2n) is 4.87. The monoisotopic (exact) mass is 215 g/mol. The number of nitrogens with one attached hydrogen (secondary N) is 1. The van der Waals surface area contributed by atoms with Crippen molar-refractivity contribution in [2.75, 3.05) is 24.6 Å². The smallest absolute Gasteiger partial charge is 0.0674 e. The molecule has 2 fully saturated rings. The van der Waals surface area contributed by atoms with Crippen LogP contribution in [-0.4, -0.2) is 35.3 Å². The van der Waals surface area contributed by atoms with Crippen LogP contribution in [0.15, 0.2) is 0 Å². The van der Waals surface area contributed by atoms with Crippen LogP contribution in [0.1, 0.15) is 26.2 Å². The van der Waals surface area contributed by atoms with Crippen molar-refractivity contribution in [2.24, 2.45) is 11.8 Å². The molecule has 82 valence electrons. The first-order valence-electron chi connectivity index (χ1n) is 5.71. The lowest BCUT2D eigenvalue weighted by Crippen LogP contribution is -2.51. The van der Waals surface area contributed by atoms with Crippen LogP contribution < -0.4 is 5.32 Å². The fourth-order valence-corrected chi connectivity index (χ4v) is 3.94. The second-order valence-corrected chi connectivity index (χ2v) is 6.09. The summed E-state index contributed by atoms with van der Waals surface area (Å²) in [6.07, 6.45) is 3.52. The molecule has 0 saturated carbocycles. The molecule has 2 saturated heterocycles. The van der Waals surface area contributed by atoms with Gasteiger partial charge in [-0.2, -0.15) is 11.8 Å². The van der Waals surface area contributed by atoms with Gasteiger partial charge in [-0.25, -0.2) is 0 Å². The summed E-state index contributed by atoms with van der Waals surface area (Å²) < 4.78 is 0. The first-order valence-corrected chi connectivity index (χ1v) is 6.86. The summed E-state index contributed by atoms with van der Waals surface area (Å²) in [4.78, 5) is 0. The summed E-state index contributed by atoms with van der Waals surface area (Å²) in [6.45, 7) is 4.02. The van der Waals surface area contributed by atoms with Crippen LogP contribution in [0.3, 0.4) is 0 Å². The van der Waals surface area contributed by atoms with Gasteiger partial charge in [-0.05, 0) is 50.2 Å². The Kier molecular flexibility index (Phi) is 3.40. The molecule has 2 atom stereocenters. The zero-order valence-electron chi connectivity index (χ0n) is 8.96. The van der Waals surface area contributed by atoms with E-state index in [9.17, 15) is 5.11 Å². The van der Waals surface area contributed by atoms with Crippen LogP contribution in [0.4, 0.5) is 0 Å². The minimum absolute atomic E-state index is 0.419. The van der Waals surface area contributed by atoms with Gasteiger partial charge >= 0.3 is 0 Å². The first kappa shape index (κ1) is 10.8. The molecule has 2 N–H and O–H groups in total. The maximum Gasteiger partial charge on any atom is 0.0674 e. The van der Waals surface area contributed by atoms with Crippen LogP contribution in [0, 0.1) is 11.8 Å². The highest BCUT2D eigenvalue weighted by atomic mass is 32.2. The largest absolute Gasteiger partial charge is 0.390 e. The maximum atomic E-state index is 10.3. The lowest BCUT2D eigenvalue weighted by molar-refractivity contribution is -0.0494. The van der Waals surface area contributed by atoms with E-state index in [4.69, 9.17) is 0 Å². The highest BCUT2D eigenvalue weighted by Gasteiger charge is 2.39. The molecule has 0 aliphatic carbocycles. The van der Waals surface area contributed by atoms with Crippen LogP contribution in [0.25, 0.3) is 0 Å². The zero-order chi connectivity index (χ0) is 10.0. The average molecular weight is 215 g/mol. The quantitative estimate of drug-likeness (QED) is 0.695. The summed E-state index contributed by atoms with van der Waals surface area (Å²) in [6, 6.07) is 0. The van der Waals surface area contributed by atoms with Gasteiger partial charge in [0.25, 0.3) is 0 Å². The molecule has 14 heavy (non-hydrogen) atoms. The van der Waals surface area contributed by atoms with Crippen molar-refractivity contribution in [3.8, 4) is 0 Å². The van der Waals surface area contributed by atoms with Crippen molar-refractivity contribution in [3.63, 3.8) is 0 Å². The van der Waals surface area contributed by atoms with Crippen LogP contribution >= 0.6 is 11.8 Å². The van der Waals surface area contributed by atoms with E-state index < -0.39 is 5.60 Å². The van der Waals surface area contributed by atoms with Gasteiger partial charge in [0, 0.05) is 12.5 Å². The Balaban J connectivity index is 1.99. The van der Waals surface area contributed by atoms with Crippen molar-refractivity contribution < 1.29 is 5.11 Å². The minimum Gasteiger partial charge on any atom is -0.390 e. The Bertz CT molecular complexity index is 190. The van der Waals surface area contributed by atoms with E-state index in [2.05, 4.69) is 17.1 Å². The third-order valence-electron chi connectivity index (χ3n) is 3.81. The van der Waals surface area contributed by atoms with Crippen LogP contribution in [0.5, 0.6) is 0 Å². The minimum atomic E-state index is -0.419. The first-order chi connectivity index (χ1) is 6.70. The van der Waals surface area contributed by atoms with Crippen molar-refractivity contribution in [1.82, 2.24) is 5.32 Å². The molecule has 2 rings (SSSR count). The Labute approximate surface area is 90.8 Å². The lowest BCUT2D eigenvalue weighted by Gasteiger charge is -2.43. The van der Waals surface area contributed by atoms with E-state index >= 15 is 0 Å². The molecule has 2 unspecified atom stereocenters. The fourth-order valence-electron chi connectivity index (χ4n) is 2.80. The van der Waals surface area contributed by atoms with Crippen molar-refractivity contribution in [2.45, 2.75) is 31.8 Å². The van der Waals surface area contributed by atoms with E-state index in [0.717, 1.165) is 25.4 Å². The SMILES string of the molecule is CC1(O)CCNCC1C1CCSCC1. The van der Waals surface area contributed by atoms with Crippen molar-refractivity contribution >= 4 is 11.8 Å². The second kappa shape index (κ2) is 4.42. The fraction of sp³-hybridized carbons (Fsp3) is 1.00. The van der Waals surface area contributed by atoms with E-state index in [1.54, 1.807) is 0 Å². The predicted molar refractivity (Wildman–Crippen MR) is 61.6 cm³/mol. The Hall–Kier alpha value is 0.270. The van der Waals surface area contributed by atoms with Gasteiger partial charge in [-0.3, -0.25) is 0 Å². The third kappa shape index (κ3) is 2.26. The van der Waals surface area contributed by atoms with Crippen LogP contribution in [-0.2, 0) is 0 Å². The van der Waals surface area contributed by atoms with Gasteiger partial charge in [-0.1, -0.05) is 0 Å². The molecule has 0 aromatic heterocycles. The van der Waals surface area contributed by atoms with E-state index in [-0.39, 0.29) is 0 Å². The Morgan fingerprint density at radius 3 is 2.71 bits per heavy atom. The highest BCUT2D eigenvalue weighted by molar-refractivity contribution is 7.99. The van der Waals surface area contributed by atoms with E-state index in [0.29, 0.717) is 5.92 Å². The predicted octanol–water partition coefficient (Wildman–Crippen LogP) is 1.49. The number of rotatable bonds is 1. The molecule has 0 bridgehead atoms. The lowest BCUT2D eigenvalue weighted by atomic mass is 9.73. The molecular weight excluding hydrogens is 194 g/mol. The van der Waals surface area contributed by atoms with Gasteiger partial charge in [0.2, 0.25) is 0 Å². The van der Waals surface area contributed by atoms with Crippen LogP contribution in [0.2, 0.25) is 0 Å². The summed E-state index contributed by atoms with van der Waals surface area (Å²) in [5.74, 6) is 3.81. The molecule has 0 aromatic rings. The molecule has 3 heteroatoms. The van der Waals surface area contributed by atoms with Gasteiger partial charge < -0.3 is 10.4 Å². The number of hydrogen-bond acceptors (Lipinski definition) is 3. The number of thioether (sulfide) groups is 1. The summed E-state index contributed by atoms with van der Waals surface area (Å²) >= 11 is 2.06. The molecule has 2 aliphatic rings. The molecule has 0 aromatic carbocycles.